The minimum atomic E-state index is -1.11. The summed E-state index contributed by atoms with van der Waals surface area (Å²) in [5.74, 6) is 1.64. The molecule has 2 aromatic carbocycles. The fourth-order valence-electron chi connectivity index (χ4n) is 3.91. The van der Waals surface area contributed by atoms with Crippen molar-refractivity contribution in [1.82, 2.24) is 25.4 Å². The average molecular weight is 497 g/mol. The number of fused-ring (bicyclic) bond motifs is 3. The summed E-state index contributed by atoms with van der Waals surface area (Å²) in [4.78, 5) is 28.2. The second-order valence-corrected chi connectivity index (χ2v) is 8.29. The third-order valence-electron chi connectivity index (χ3n) is 5.41. The van der Waals surface area contributed by atoms with Crippen molar-refractivity contribution in [1.29, 1.82) is 0 Å². The number of aryl methyl sites for hydroxylation is 1. The number of amides is 2. The molecule has 1 aliphatic heterocycles. The van der Waals surface area contributed by atoms with Gasteiger partial charge >= 0.3 is 6.09 Å². The van der Waals surface area contributed by atoms with E-state index in [1.807, 2.05) is 42.7 Å². The largest absolute Gasteiger partial charge is 0.492 e. The lowest BCUT2D eigenvalue weighted by atomic mass is 10.00. The van der Waals surface area contributed by atoms with Crippen LogP contribution in [0.4, 0.5) is 4.79 Å². The van der Waals surface area contributed by atoms with Gasteiger partial charge in [-0.25, -0.2) is 4.79 Å². The lowest BCUT2D eigenvalue weighted by Gasteiger charge is -2.15. The van der Waals surface area contributed by atoms with Crippen LogP contribution in [-0.4, -0.2) is 57.3 Å². The molecule has 0 bridgehead atoms. The van der Waals surface area contributed by atoms with E-state index in [2.05, 4.69) is 20.8 Å². The van der Waals surface area contributed by atoms with Crippen LogP contribution in [-0.2, 0) is 4.79 Å². The van der Waals surface area contributed by atoms with Gasteiger partial charge in [0, 0.05) is 22.7 Å². The van der Waals surface area contributed by atoms with Crippen molar-refractivity contribution < 1.29 is 19.4 Å². The van der Waals surface area contributed by atoms with Crippen LogP contribution in [0.1, 0.15) is 42.2 Å². The smallest absolute Gasteiger partial charge is 0.404 e. The first kappa shape index (κ1) is 24.2. The van der Waals surface area contributed by atoms with Crippen LogP contribution in [0.2, 0.25) is 5.02 Å². The summed E-state index contributed by atoms with van der Waals surface area (Å²) in [6, 6.07) is 12.3. The Bertz CT molecular complexity index is 1270. The number of aromatic nitrogens is 3. The third-order valence-corrected chi connectivity index (χ3v) is 5.67. The van der Waals surface area contributed by atoms with E-state index in [-0.39, 0.29) is 25.5 Å². The molecule has 10 nitrogen and oxygen atoms in total. The van der Waals surface area contributed by atoms with Gasteiger partial charge in [-0.15, -0.1) is 10.2 Å². The summed E-state index contributed by atoms with van der Waals surface area (Å²) in [5.41, 5.74) is 3.03. The third kappa shape index (κ3) is 5.43. The Morgan fingerprint density at radius 3 is 2.63 bits per heavy atom. The van der Waals surface area contributed by atoms with Crippen LogP contribution in [0.5, 0.6) is 5.75 Å². The second-order valence-electron chi connectivity index (χ2n) is 7.86. The van der Waals surface area contributed by atoms with E-state index < -0.39 is 12.1 Å². The van der Waals surface area contributed by atoms with Crippen molar-refractivity contribution in [2.75, 3.05) is 19.7 Å². The Morgan fingerprint density at radius 1 is 1.14 bits per heavy atom. The van der Waals surface area contributed by atoms with Gasteiger partial charge in [0.2, 0.25) is 5.91 Å². The number of carbonyl (C=O) groups excluding carboxylic acids is 1. The van der Waals surface area contributed by atoms with Gasteiger partial charge in [0.05, 0.1) is 24.4 Å². The Balaban J connectivity index is 1.82. The van der Waals surface area contributed by atoms with E-state index in [0.717, 1.165) is 16.8 Å². The van der Waals surface area contributed by atoms with Gasteiger partial charge < -0.3 is 20.5 Å². The number of halogens is 1. The molecular formula is C24H25ClN6O4. The number of nitrogens with zero attached hydrogens (tertiary/aromatic N) is 4. The molecule has 0 saturated carbocycles. The summed E-state index contributed by atoms with van der Waals surface area (Å²) >= 11 is 6.13. The number of nitrogens with one attached hydrogen (secondary N) is 2. The van der Waals surface area contributed by atoms with E-state index in [0.29, 0.717) is 34.7 Å². The standard InChI is InChI=1S/C24H25ClN6O4/c1-3-26-21(32)13-19-23-30-29-14(2)31(23)20-9-8-17(35-11-10-27-24(33)34)12-18(20)22(28-19)15-4-6-16(25)7-5-15/h4-9,12,19,27H,3,10-11,13H2,1-2H3,(H,26,32)(H,33,34). The van der Waals surface area contributed by atoms with E-state index in [1.165, 1.54) is 0 Å². The van der Waals surface area contributed by atoms with Gasteiger partial charge in [-0.3, -0.25) is 14.4 Å². The molecule has 1 aromatic heterocycles. The zero-order valence-corrected chi connectivity index (χ0v) is 20.0. The maximum Gasteiger partial charge on any atom is 0.404 e. The monoisotopic (exact) mass is 496 g/mol. The molecule has 0 spiro atoms. The van der Waals surface area contributed by atoms with Gasteiger partial charge in [-0.2, -0.15) is 0 Å². The fraction of sp³-hybridized carbons (Fsp3) is 0.292. The van der Waals surface area contributed by atoms with E-state index >= 15 is 0 Å². The molecule has 2 heterocycles. The Labute approximate surface area is 207 Å². The lowest BCUT2D eigenvalue weighted by Crippen LogP contribution is -2.26. The zero-order chi connectivity index (χ0) is 24.9. The van der Waals surface area contributed by atoms with Crippen molar-refractivity contribution in [3.63, 3.8) is 0 Å². The number of carboxylic acid groups (broad SMARTS) is 1. The van der Waals surface area contributed by atoms with Crippen molar-refractivity contribution >= 4 is 29.3 Å². The molecule has 182 valence electrons. The molecule has 1 aliphatic rings. The number of carbonyl (C=O) groups is 2. The van der Waals surface area contributed by atoms with Gasteiger partial charge in [-0.1, -0.05) is 23.7 Å². The molecule has 1 atom stereocenters. The number of hydrogen-bond donors (Lipinski definition) is 3. The van der Waals surface area contributed by atoms with Crippen molar-refractivity contribution in [2.45, 2.75) is 26.3 Å². The van der Waals surface area contributed by atoms with Gasteiger partial charge in [0.1, 0.15) is 24.2 Å². The van der Waals surface area contributed by atoms with Crippen LogP contribution in [0, 0.1) is 6.92 Å². The van der Waals surface area contributed by atoms with Crippen LogP contribution in [0.25, 0.3) is 5.69 Å². The van der Waals surface area contributed by atoms with Gasteiger partial charge in [0.25, 0.3) is 0 Å². The molecular weight excluding hydrogens is 472 g/mol. The molecule has 3 N–H and O–H groups in total. The van der Waals surface area contributed by atoms with Crippen molar-refractivity contribution in [3.8, 4) is 11.4 Å². The highest BCUT2D eigenvalue weighted by Crippen LogP contribution is 2.34. The van der Waals surface area contributed by atoms with Crippen LogP contribution < -0.4 is 15.4 Å². The summed E-state index contributed by atoms with van der Waals surface area (Å²) in [6.07, 6.45) is -0.997. The molecule has 35 heavy (non-hydrogen) atoms. The van der Waals surface area contributed by atoms with E-state index in [9.17, 15) is 9.59 Å². The normalized spacial score (nSPS) is 14.3. The molecule has 0 aliphatic carbocycles. The predicted octanol–water partition coefficient (Wildman–Crippen LogP) is 3.29. The summed E-state index contributed by atoms with van der Waals surface area (Å²) in [6.45, 7) is 4.54. The highest BCUT2D eigenvalue weighted by molar-refractivity contribution is 6.30. The zero-order valence-electron chi connectivity index (χ0n) is 19.3. The maximum absolute atomic E-state index is 12.5. The van der Waals surface area contributed by atoms with Crippen molar-refractivity contribution in [2.24, 2.45) is 4.99 Å². The molecule has 2 amide bonds. The Hall–Kier alpha value is -3.92. The molecule has 0 saturated heterocycles. The number of aliphatic imine (C=N–C) groups is 1. The minimum Gasteiger partial charge on any atom is -0.492 e. The number of rotatable bonds is 8. The average Bonchev–Trinajstić information content (AvgIpc) is 3.15. The lowest BCUT2D eigenvalue weighted by molar-refractivity contribution is -0.121. The number of benzene rings is 2. The highest BCUT2D eigenvalue weighted by Gasteiger charge is 2.30. The number of hydrogen-bond acceptors (Lipinski definition) is 6. The molecule has 0 radical (unpaired) electrons. The SMILES string of the molecule is CCNC(=O)CC1N=C(c2ccc(Cl)cc2)c2cc(OCCNC(=O)O)ccc2-n2c(C)nnc21. The maximum atomic E-state index is 12.5. The summed E-state index contributed by atoms with van der Waals surface area (Å²) in [5, 5.41) is 23.1. The minimum absolute atomic E-state index is 0.112. The van der Waals surface area contributed by atoms with Crippen LogP contribution >= 0.6 is 11.6 Å². The summed E-state index contributed by atoms with van der Waals surface area (Å²) in [7, 11) is 0. The first-order valence-corrected chi connectivity index (χ1v) is 11.5. The molecule has 1 unspecified atom stereocenters. The second kappa shape index (κ2) is 10.6. The molecule has 3 aromatic rings. The van der Waals surface area contributed by atoms with E-state index in [1.54, 1.807) is 18.2 Å². The first-order chi connectivity index (χ1) is 16.9. The predicted molar refractivity (Wildman–Crippen MR) is 131 cm³/mol. The molecule has 11 heteroatoms. The van der Waals surface area contributed by atoms with E-state index in [4.69, 9.17) is 26.4 Å². The molecule has 0 fully saturated rings. The van der Waals surface area contributed by atoms with Gasteiger partial charge in [0.15, 0.2) is 5.82 Å². The first-order valence-electron chi connectivity index (χ1n) is 11.1. The Morgan fingerprint density at radius 2 is 1.91 bits per heavy atom. The van der Waals surface area contributed by atoms with Gasteiger partial charge in [-0.05, 0) is 44.2 Å². The fourth-order valence-corrected chi connectivity index (χ4v) is 4.04. The number of ether oxygens (including phenoxy) is 1. The molecule has 4 rings (SSSR count). The highest BCUT2D eigenvalue weighted by atomic mass is 35.5. The Kier molecular flexibility index (Phi) is 7.31. The summed E-state index contributed by atoms with van der Waals surface area (Å²) < 4.78 is 7.69. The van der Waals surface area contributed by atoms with Crippen molar-refractivity contribution in [3.05, 3.63) is 70.3 Å². The topological polar surface area (TPSA) is 131 Å². The quantitative estimate of drug-likeness (QED) is 0.410. The van der Waals surface area contributed by atoms with Crippen LogP contribution in [0.15, 0.2) is 47.5 Å². The van der Waals surface area contributed by atoms with Crippen LogP contribution in [0.3, 0.4) is 0 Å².